The van der Waals surface area contributed by atoms with E-state index in [0.29, 0.717) is 25.7 Å². The predicted molar refractivity (Wildman–Crippen MR) is 404 cm³/mol. The van der Waals surface area contributed by atoms with Crippen molar-refractivity contribution >= 4 is 39.5 Å². The highest BCUT2D eigenvalue weighted by Gasteiger charge is 2.30. The van der Waals surface area contributed by atoms with Gasteiger partial charge < -0.3 is 33.8 Å². The van der Waals surface area contributed by atoms with Crippen molar-refractivity contribution in [3.63, 3.8) is 0 Å². The molecule has 99 heavy (non-hydrogen) atoms. The van der Waals surface area contributed by atoms with Gasteiger partial charge in [0.05, 0.1) is 26.4 Å². The lowest BCUT2D eigenvalue weighted by Gasteiger charge is -2.21. The highest BCUT2D eigenvalue weighted by molar-refractivity contribution is 7.47. The number of carbonyl (C=O) groups excluding carboxylic acids is 4. The zero-order valence-corrected chi connectivity index (χ0v) is 66.9. The van der Waals surface area contributed by atoms with Gasteiger partial charge in [-0.15, -0.1) is 0 Å². The lowest BCUT2D eigenvalue weighted by molar-refractivity contribution is -0.161. The van der Waals surface area contributed by atoms with Gasteiger partial charge in [-0.3, -0.25) is 37.3 Å². The van der Waals surface area contributed by atoms with E-state index in [2.05, 4.69) is 55.4 Å². The van der Waals surface area contributed by atoms with Crippen molar-refractivity contribution < 1.29 is 80.2 Å². The van der Waals surface area contributed by atoms with E-state index in [0.717, 1.165) is 120 Å². The fourth-order valence-corrected chi connectivity index (χ4v) is 13.8. The predicted octanol–water partition coefficient (Wildman–Crippen LogP) is 23.6. The summed E-state index contributed by atoms with van der Waals surface area (Å²) >= 11 is 0. The highest BCUT2D eigenvalue weighted by atomic mass is 31.2. The first-order valence-electron chi connectivity index (χ1n) is 41.2. The van der Waals surface area contributed by atoms with Gasteiger partial charge in [-0.1, -0.05) is 357 Å². The molecular formula is C80H156O17P2. The molecule has 0 heterocycles. The molecule has 3 unspecified atom stereocenters. The minimum absolute atomic E-state index is 0.106. The molecule has 0 aromatic carbocycles. The first-order chi connectivity index (χ1) is 47.6. The van der Waals surface area contributed by atoms with E-state index in [1.165, 1.54) is 205 Å². The molecule has 0 saturated carbocycles. The van der Waals surface area contributed by atoms with Crippen molar-refractivity contribution in [1.29, 1.82) is 0 Å². The first kappa shape index (κ1) is 97.1. The van der Waals surface area contributed by atoms with Crippen LogP contribution in [0.4, 0.5) is 0 Å². The van der Waals surface area contributed by atoms with Crippen LogP contribution in [0.5, 0.6) is 0 Å². The van der Waals surface area contributed by atoms with Crippen LogP contribution in [0.1, 0.15) is 409 Å². The molecule has 0 fully saturated rings. The number of phosphoric ester groups is 2. The van der Waals surface area contributed by atoms with Gasteiger partial charge in [-0.25, -0.2) is 9.13 Å². The molecule has 0 rings (SSSR count). The number of hydrogen-bond acceptors (Lipinski definition) is 15. The summed E-state index contributed by atoms with van der Waals surface area (Å²) in [5.74, 6) is 0.983. The number of unbranched alkanes of at least 4 members (excludes halogenated alkanes) is 42. The van der Waals surface area contributed by atoms with Crippen LogP contribution < -0.4 is 0 Å². The van der Waals surface area contributed by atoms with E-state index in [-0.39, 0.29) is 25.7 Å². The van der Waals surface area contributed by atoms with Crippen LogP contribution in [0, 0.1) is 23.7 Å². The van der Waals surface area contributed by atoms with Gasteiger partial charge in [0.1, 0.15) is 19.3 Å². The normalized spacial score (nSPS) is 14.3. The molecule has 0 aromatic rings. The molecule has 0 aromatic heterocycles. The molecule has 3 N–H and O–H groups in total. The van der Waals surface area contributed by atoms with Crippen molar-refractivity contribution in [2.75, 3.05) is 39.6 Å². The van der Waals surface area contributed by atoms with Gasteiger partial charge in [0.25, 0.3) is 0 Å². The fraction of sp³-hybridized carbons (Fsp3) is 0.950. The summed E-state index contributed by atoms with van der Waals surface area (Å²) in [7, 11) is -9.92. The number of hydrogen-bond donors (Lipinski definition) is 3. The average molecular weight is 1450 g/mol. The quantitative estimate of drug-likeness (QED) is 0.0222. The topological polar surface area (TPSA) is 237 Å². The van der Waals surface area contributed by atoms with Crippen molar-refractivity contribution in [1.82, 2.24) is 0 Å². The number of ether oxygens (including phenoxy) is 4. The van der Waals surface area contributed by atoms with E-state index in [4.69, 9.17) is 37.0 Å². The molecule has 588 valence electrons. The van der Waals surface area contributed by atoms with E-state index in [1.54, 1.807) is 0 Å². The second kappa shape index (κ2) is 69.1. The third-order valence-corrected chi connectivity index (χ3v) is 20.8. The lowest BCUT2D eigenvalue weighted by Crippen LogP contribution is -2.30. The maximum absolute atomic E-state index is 13.1. The summed E-state index contributed by atoms with van der Waals surface area (Å²) in [6.07, 6.45) is 55.5. The van der Waals surface area contributed by atoms with Crippen LogP contribution in [-0.4, -0.2) is 96.7 Å². The molecule has 0 spiro atoms. The van der Waals surface area contributed by atoms with E-state index >= 15 is 0 Å². The third kappa shape index (κ3) is 72.8. The number of carbonyl (C=O) groups is 4. The average Bonchev–Trinajstić information content (AvgIpc) is 1.01. The van der Waals surface area contributed by atoms with Crippen LogP contribution in [0.3, 0.4) is 0 Å². The van der Waals surface area contributed by atoms with Gasteiger partial charge >= 0.3 is 39.5 Å². The van der Waals surface area contributed by atoms with Crippen molar-refractivity contribution in [2.24, 2.45) is 23.7 Å². The van der Waals surface area contributed by atoms with Gasteiger partial charge in [-0.2, -0.15) is 0 Å². The summed E-state index contributed by atoms with van der Waals surface area (Å²) in [6, 6.07) is 0. The number of esters is 4. The summed E-state index contributed by atoms with van der Waals surface area (Å²) in [4.78, 5) is 73.0. The zero-order valence-electron chi connectivity index (χ0n) is 65.1. The Balaban J connectivity index is 5.25. The van der Waals surface area contributed by atoms with Crippen LogP contribution >= 0.6 is 15.6 Å². The monoisotopic (exact) mass is 1450 g/mol. The molecule has 0 radical (unpaired) electrons. The van der Waals surface area contributed by atoms with Gasteiger partial charge in [-0.05, 0) is 49.4 Å². The Morgan fingerprint density at radius 2 is 0.485 bits per heavy atom. The summed E-state index contributed by atoms with van der Waals surface area (Å²) < 4.78 is 68.7. The SMILES string of the molecule is CCC(C)CCCCCCCCC(=O)OC[C@H](COP(=O)(O)OC[C@H](O)COP(=O)(O)OC[C@@H](COC(=O)CCCCCCCCCCCCCCC(C)C)OC(=O)CCCCCCCCCCCCCCCCCCC(C)C)OC(=O)CCCCCCCCCCCCCCC(C)C. The molecular weight excluding hydrogens is 1290 g/mol. The molecule has 6 atom stereocenters. The van der Waals surface area contributed by atoms with Crippen LogP contribution in [-0.2, 0) is 65.4 Å². The van der Waals surface area contributed by atoms with E-state index in [1.807, 2.05) is 0 Å². The third-order valence-electron chi connectivity index (χ3n) is 18.9. The number of aliphatic hydroxyl groups is 1. The Morgan fingerprint density at radius 3 is 0.717 bits per heavy atom. The second-order valence-corrected chi connectivity index (χ2v) is 33.4. The van der Waals surface area contributed by atoms with Crippen molar-refractivity contribution in [3.8, 4) is 0 Å². The zero-order chi connectivity index (χ0) is 73.1. The van der Waals surface area contributed by atoms with Crippen LogP contribution in [0.25, 0.3) is 0 Å². The maximum atomic E-state index is 13.1. The minimum atomic E-state index is -4.96. The largest absolute Gasteiger partial charge is 0.472 e. The highest BCUT2D eigenvalue weighted by Crippen LogP contribution is 2.45. The molecule has 0 amide bonds. The summed E-state index contributed by atoms with van der Waals surface area (Å²) in [5, 5.41) is 10.6. The molecule has 0 bridgehead atoms. The minimum Gasteiger partial charge on any atom is -0.462 e. The Kier molecular flexibility index (Phi) is 67.8. The Labute approximate surface area is 607 Å². The van der Waals surface area contributed by atoms with Gasteiger partial charge in [0.15, 0.2) is 12.2 Å². The van der Waals surface area contributed by atoms with Crippen molar-refractivity contribution in [2.45, 2.75) is 427 Å². The first-order valence-corrected chi connectivity index (χ1v) is 44.2. The second-order valence-electron chi connectivity index (χ2n) is 30.5. The van der Waals surface area contributed by atoms with Gasteiger partial charge in [0, 0.05) is 25.7 Å². The summed E-state index contributed by atoms with van der Waals surface area (Å²) in [5.41, 5.74) is 0. The van der Waals surface area contributed by atoms with Crippen LogP contribution in [0.15, 0.2) is 0 Å². The Morgan fingerprint density at radius 1 is 0.283 bits per heavy atom. The summed E-state index contributed by atoms with van der Waals surface area (Å²) in [6.45, 7) is 14.2. The molecule has 0 aliphatic carbocycles. The van der Waals surface area contributed by atoms with E-state index < -0.39 is 97.5 Å². The molecule has 0 aliphatic rings. The Bertz CT molecular complexity index is 1940. The fourth-order valence-electron chi connectivity index (χ4n) is 12.2. The standard InChI is InChI=1S/C80H156O17P2/c1-9-73(8)59-51-43-38-39-45-53-61-78(83)91-67-76(97-80(85)63-55-47-37-31-25-19-17-22-28-34-42-50-58-72(6)7)69-95-99(88,89)93-65-74(81)64-92-98(86,87)94-68-75(66-90-77(82)60-52-44-35-29-23-18-16-21-27-33-41-49-57-71(4)5)96-79(84)62-54-46-36-30-24-15-13-11-10-12-14-20-26-32-40-48-56-70(2)3/h70-76,81H,9-69H2,1-8H3,(H,86,87)(H,88,89)/t73?,74-,75-,76-/m1/s1. The Hall–Kier alpha value is -1.94. The molecule has 0 aliphatic heterocycles. The molecule has 19 heteroatoms. The number of aliphatic hydroxyl groups excluding tert-OH is 1. The van der Waals surface area contributed by atoms with E-state index in [9.17, 15) is 43.2 Å². The number of phosphoric acid groups is 2. The number of rotatable bonds is 77. The van der Waals surface area contributed by atoms with Gasteiger partial charge in [0.2, 0.25) is 0 Å². The van der Waals surface area contributed by atoms with Crippen molar-refractivity contribution in [3.05, 3.63) is 0 Å². The lowest BCUT2D eigenvalue weighted by atomic mass is 10.00. The smallest absolute Gasteiger partial charge is 0.462 e. The molecule has 17 nitrogen and oxygen atoms in total. The molecule has 0 saturated heterocycles. The van der Waals surface area contributed by atoms with Crippen LogP contribution in [0.2, 0.25) is 0 Å². The maximum Gasteiger partial charge on any atom is 0.472 e.